The largest absolute Gasteiger partial charge is 0.330 e. The molecule has 1 saturated carbocycles. The van der Waals surface area contributed by atoms with Crippen molar-refractivity contribution < 1.29 is 0 Å². The minimum Gasteiger partial charge on any atom is -0.330 e. The Hall–Kier alpha value is 0.270. The van der Waals surface area contributed by atoms with Gasteiger partial charge >= 0.3 is 0 Å². The number of nitrogens with zero attached hydrogens (tertiary/aromatic N) is 1. The first-order valence-electron chi connectivity index (χ1n) is 6.72. The molecule has 2 aliphatic rings. The van der Waals surface area contributed by atoms with Crippen molar-refractivity contribution in [1.29, 1.82) is 0 Å². The van der Waals surface area contributed by atoms with Crippen LogP contribution in [0.1, 0.15) is 32.6 Å². The third-order valence-electron chi connectivity index (χ3n) is 4.53. The fourth-order valence-electron chi connectivity index (χ4n) is 3.30. The summed E-state index contributed by atoms with van der Waals surface area (Å²) in [6, 6.07) is 1.56. The molecule has 1 aliphatic heterocycles. The topological polar surface area (TPSA) is 29.3 Å². The SMILES string of the molecule is CC1CCC(CN)C(N(C)C2CCSC2)C1. The third-order valence-corrected chi connectivity index (χ3v) is 5.67. The van der Waals surface area contributed by atoms with E-state index in [-0.39, 0.29) is 0 Å². The van der Waals surface area contributed by atoms with Gasteiger partial charge in [0.15, 0.2) is 0 Å². The Kier molecular flexibility index (Phi) is 4.57. The maximum Gasteiger partial charge on any atom is 0.0194 e. The van der Waals surface area contributed by atoms with Gasteiger partial charge in [0.2, 0.25) is 0 Å². The summed E-state index contributed by atoms with van der Waals surface area (Å²) in [6.45, 7) is 3.28. The zero-order chi connectivity index (χ0) is 11.5. The van der Waals surface area contributed by atoms with E-state index in [1.54, 1.807) is 0 Å². The van der Waals surface area contributed by atoms with Crippen LogP contribution in [-0.4, -0.2) is 42.1 Å². The van der Waals surface area contributed by atoms with Crippen LogP contribution in [0.25, 0.3) is 0 Å². The summed E-state index contributed by atoms with van der Waals surface area (Å²) in [5.41, 5.74) is 5.94. The molecule has 0 bridgehead atoms. The molecule has 2 nitrogen and oxygen atoms in total. The van der Waals surface area contributed by atoms with Crippen LogP contribution in [0.4, 0.5) is 0 Å². The Morgan fingerprint density at radius 3 is 2.75 bits per heavy atom. The van der Waals surface area contributed by atoms with Crippen LogP contribution in [0.2, 0.25) is 0 Å². The summed E-state index contributed by atoms with van der Waals surface area (Å²) in [6.07, 6.45) is 5.46. The van der Waals surface area contributed by atoms with Gasteiger partial charge in [-0.3, -0.25) is 4.90 Å². The van der Waals surface area contributed by atoms with Crippen LogP contribution in [0.3, 0.4) is 0 Å². The summed E-state index contributed by atoms with van der Waals surface area (Å²) in [5, 5.41) is 0. The van der Waals surface area contributed by atoms with Crippen molar-refractivity contribution in [2.45, 2.75) is 44.7 Å². The molecule has 0 radical (unpaired) electrons. The number of hydrogen-bond acceptors (Lipinski definition) is 3. The second-order valence-electron chi connectivity index (χ2n) is 5.66. The molecule has 0 aromatic rings. The maximum absolute atomic E-state index is 5.94. The number of nitrogens with two attached hydrogens (primary N) is 1. The van der Waals surface area contributed by atoms with Crippen LogP contribution >= 0.6 is 11.8 Å². The van der Waals surface area contributed by atoms with Gasteiger partial charge in [0.1, 0.15) is 0 Å². The van der Waals surface area contributed by atoms with Crippen LogP contribution < -0.4 is 5.73 Å². The molecule has 0 aromatic carbocycles. The zero-order valence-electron chi connectivity index (χ0n) is 10.7. The summed E-state index contributed by atoms with van der Waals surface area (Å²) in [4.78, 5) is 2.66. The van der Waals surface area contributed by atoms with E-state index in [9.17, 15) is 0 Å². The van der Waals surface area contributed by atoms with Crippen molar-refractivity contribution in [2.24, 2.45) is 17.6 Å². The van der Waals surface area contributed by atoms with Crippen molar-refractivity contribution in [2.75, 3.05) is 25.1 Å². The monoisotopic (exact) mass is 242 g/mol. The number of rotatable bonds is 3. The molecule has 1 heterocycles. The summed E-state index contributed by atoms with van der Waals surface area (Å²) in [7, 11) is 2.34. The van der Waals surface area contributed by atoms with E-state index in [1.165, 1.54) is 37.2 Å². The Morgan fingerprint density at radius 1 is 1.31 bits per heavy atom. The smallest absolute Gasteiger partial charge is 0.0194 e. The van der Waals surface area contributed by atoms with Crippen molar-refractivity contribution in [3.63, 3.8) is 0 Å². The molecule has 0 aromatic heterocycles. The average molecular weight is 242 g/mol. The van der Waals surface area contributed by atoms with Gasteiger partial charge in [-0.25, -0.2) is 0 Å². The second kappa shape index (κ2) is 5.74. The molecule has 16 heavy (non-hydrogen) atoms. The minimum absolute atomic E-state index is 0.742. The number of thioether (sulfide) groups is 1. The van der Waals surface area contributed by atoms with Gasteiger partial charge in [0.25, 0.3) is 0 Å². The van der Waals surface area contributed by atoms with E-state index in [0.29, 0.717) is 0 Å². The van der Waals surface area contributed by atoms with Gasteiger partial charge in [-0.1, -0.05) is 13.3 Å². The van der Waals surface area contributed by atoms with E-state index in [4.69, 9.17) is 5.73 Å². The van der Waals surface area contributed by atoms with Crippen LogP contribution in [-0.2, 0) is 0 Å². The highest BCUT2D eigenvalue weighted by Crippen LogP contribution is 2.34. The molecule has 4 atom stereocenters. The molecular formula is C13H26N2S. The van der Waals surface area contributed by atoms with Crippen molar-refractivity contribution in [1.82, 2.24) is 4.90 Å². The third kappa shape index (κ3) is 2.74. The molecule has 0 spiro atoms. The molecule has 0 amide bonds. The Labute approximate surface area is 104 Å². The lowest BCUT2D eigenvalue weighted by molar-refractivity contribution is 0.0814. The predicted octanol–water partition coefficient (Wildman–Crippen LogP) is 2.19. The fourth-order valence-corrected chi connectivity index (χ4v) is 4.58. The van der Waals surface area contributed by atoms with Gasteiger partial charge in [-0.05, 0) is 50.4 Å². The summed E-state index contributed by atoms with van der Waals surface area (Å²) in [5.74, 6) is 4.32. The highest BCUT2D eigenvalue weighted by Gasteiger charge is 2.34. The quantitative estimate of drug-likeness (QED) is 0.822. The Morgan fingerprint density at radius 2 is 2.12 bits per heavy atom. The standard InChI is InChI=1S/C13H26N2S/c1-10-3-4-11(8-14)13(7-10)15(2)12-5-6-16-9-12/h10-13H,3-9,14H2,1-2H3. The van der Waals surface area contributed by atoms with Crippen molar-refractivity contribution in [3.05, 3.63) is 0 Å². The Balaban J connectivity index is 1.97. The van der Waals surface area contributed by atoms with E-state index in [1.807, 2.05) is 0 Å². The van der Waals surface area contributed by atoms with Crippen LogP contribution in [0.5, 0.6) is 0 Å². The molecule has 2 rings (SSSR count). The van der Waals surface area contributed by atoms with Crippen molar-refractivity contribution in [3.8, 4) is 0 Å². The molecule has 4 unspecified atom stereocenters. The van der Waals surface area contributed by atoms with Gasteiger partial charge in [0.05, 0.1) is 0 Å². The number of hydrogen-bond donors (Lipinski definition) is 1. The lowest BCUT2D eigenvalue weighted by Crippen LogP contribution is -2.49. The van der Waals surface area contributed by atoms with Gasteiger partial charge < -0.3 is 5.73 Å². The zero-order valence-corrected chi connectivity index (χ0v) is 11.5. The molecule has 1 saturated heterocycles. The first-order chi connectivity index (χ1) is 7.72. The molecular weight excluding hydrogens is 216 g/mol. The summed E-state index contributed by atoms with van der Waals surface area (Å²) < 4.78 is 0. The van der Waals surface area contributed by atoms with Gasteiger partial charge in [-0.2, -0.15) is 11.8 Å². The average Bonchev–Trinajstić information content (AvgIpc) is 2.81. The van der Waals surface area contributed by atoms with Gasteiger partial charge in [0, 0.05) is 17.8 Å². The lowest BCUT2D eigenvalue weighted by Gasteiger charge is -2.42. The molecule has 94 valence electrons. The molecule has 2 fully saturated rings. The molecule has 2 N–H and O–H groups in total. The summed E-state index contributed by atoms with van der Waals surface area (Å²) >= 11 is 2.11. The highest BCUT2D eigenvalue weighted by molar-refractivity contribution is 7.99. The van der Waals surface area contributed by atoms with Gasteiger partial charge in [-0.15, -0.1) is 0 Å². The lowest BCUT2D eigenvalue weighted by atomic mass is 9.78. The minimum atomic E-state index is 0.742. The predicted molar refractivity (Wildman–Crippen MR) is 72.8 cm³/mol. The highest BCUT2D eigenvalue weighted by atomic mass is 32.2. The van der Waals surface area contributed by atoms with E-state index in [2.05, 4.69) is 30.6 Å². The van der Waals surface area contributed by atoms with E-state index in [0.717, 1.165) is 30.5 Å². The van der Waals surface area contributed by atoms with E-state index < -0.39 is 0 Å². The molecule has 1 aliphatic carbocycles. The Bertz CT molecular complexity index is 216. The van der Waals surface area contributed by atoms with Crippen LogP contribution in [0.15, 0.2) is 0 Å². The molecule has 3 heteroatoms. The normalized spacial score (nSPS) is 40.5. The van der Waals surface area contributed by atoms with E-state index >= 15 is 0 Å². The maximum atomic E-state index is 5.94. The van der Waals surface area contributed by atoms with Crippen molar-refractivity contribution >= 4 is 11.8 Å². The fraction of sp³-hybridized carbons (Fsp3) is 1.00. The second-order valence-corrected chi connectivity index (χ2v) is 6.81. The first-order valence-corrected chi connectivity index (χ1v) is 7.87. The first kappa shape index (κ1) is 12.7. The van der Waals surface area contributed by atoms with Crippen LogP contribution in [0, 0.1) is 11.8 Å².